The molecule has 5 nitrogen and oxygen atoms in total. The van der Waals surface area contributed by atoms with Crippen LogP contribution in [0.25, 0.3) is 0 Å². The summed E-state index contributed by atoms with van der Waals surface area (Å²) in [5.74, 6) is -0.722. The minimum Gasteiger partial charge on any atom is -0.452 e. The van der Waals surface area contributed by atoms with Crippen LogP contribution >= 0.6 is 15.9 Å². The third-order valence-electron chi connectivity index (χ3n) is 3.06. The highest BCUT2D eigenvalue weighted by molar-refractivity contribution is 9.10. The first-order valence-corrected chi connectivity index (χ1v) is 9.32. The van der Waals surface area contributed by atoms with Gasteiger partial charge in [-0.2, -0.15) is 0 Å². The number of anilines is 1. The van der Waals surface area contributed by atoms with E-state index < -0.39 is 29.3 Å². The molecule has 2 rings (SSSR count). The molecule has 0 spiro atoms. The molecule has 0 aromatic heterocycles. The van der Waals surface area contributed by atoms with Crippen molar-refractivity contribution in [2.45, 2.75) is 11.8 Å². The molecular formula is C17H16BrNO4S. The van der Waals surface area contributed by atoms with E-state index in [1.54, 1.807) is 43.3 Å². The lowest BCUT2D eigenvalue weighted by Gasteiger charge is -2.09. The zero-order valence-electron chi connectivity index (χ0n) is 13.0. The number of benzene rings is 2. The van der Waals surface area contributed by atoms with Gasteiger partial charge in [0.15, 0.2) is 6.61 Å². The Bertz CT molecular complexity index is 779. The second-order valence-electron chi connectivity index (χ2n) is 4.77. The lowest BCUT2D eigenvalue weighted by molar-refractivity contribution is -0.119. The molecule has 0 unspecified atom stereocenters. The van der Waals surface area contributed by atoms with Crippen molar-refractivity contribution in [3.63, 3.8) is 0 Å². The first-order chi connectivity index (χ1) is 11.5. The van der Waals surface area contributed by atoms with E-state index in [1.807, 2.05) is 6.07 Å². The molecule has 0 saturated carbocycles. The quantitative estimate of drug-likeness (QED) is 0.742. The van der Waals surface area contributed by atoms with Crippen LogP contribution in [0.3, 0.4) is 0 Å². The third-order valence-corrected chi connectivity index (χ3v) is 4.92. The Balaban J connectivity index is 1.98. The summed E-state index contributed by atoms with van der Waals surface area (Å²) in [5, 5.41) is 2.63. The average molecular weight is 410 g/mol. The second kappa shape index (κ2) is 8.75. The van der Waals surface area contributed by atoms with Gasteiger partial charge < -0.3 is 10.1 Å². The number of carbonyl (C=O) groups is 2. The minimum absolute atomic E-state index is 0.216. The van der Waals surface area contributed by atoms with Gasteiger partial charge in [0.05, 0.1) is 21.3 Å². The molecule has 0 fully saturated rings. The number of nitrogens with one attached hydrogen (secondary N) is 1. The maximum absolute atomic E-state index is 12.2. The summed E-state index contributed by atoms with van der Waals surface area (Å²) in [6.07, 6.45) is 0. The van der Waals surface area contributed by atoms with Crippen LogP contribution in [0.5, 0.6) is 0 Å². The normalized spacial score (nSPS) is 11.6. The summed E-state index contributed by atoms with van der Waals surface area (Å²) < 4.78 is 17.8. The van der Waals surface area contributed by atoms with Crippen molar-refractivity contribution in [1.82, 2.24) is 0 Å². The number of carbonyl (C=O) groups excluding carboxylic acids is 2. The maximum Gasteiger partial charge on any atom is 0.339 e. The first-order valence-electron chi connectivity index (χ1n) is 7.21. The van der Waals surface area contributed by atoms with E-state index in [1.165, 1.54) is 6.07 Å². The number of amides is 1. The van der Waals surface area contributed by atoms with Crippen molar-refractivity contribution in [2.75, 3.05) is 17.7 Å². The summed E-state index contributed by atoms with van der Waals surface area (Å²) >= 11 is 3.31. The van der Waals surface area contributed by atoms with Crippen LogP contribution in [0.2, 0.25) is 0 Å². The van der Waals surface area contributed by atoms with Crippen LogP contribution < -0.4 is 5.32 Å². The van der Waals surface area contributed by atoms with Crippen molar-refractivity contribution in [3.05, 3.63) is 58.6 Å². The molecular weight excluding hydrogens is 394 g/mol. The Hall–Kier alpha value is -1.99. The number of rotatable bonds is 6. The summed E-state index contributed by atoms with van der Waals surface area (Å²) in [7, 11) is -1.28. The van der Waals surface area contributed by atoms with E-state index in [-0.39, 0.29) is 5.56 Å². The molecule has 0 aliphatic rings. The molecule has 1 N–H and O–H groups in total. The predicted molar refractivity (Wildman–Crippen MR) is 96.4 cm³/mol. The Morgan fingerprint density at radius 1 is 1.17 bits per heavy atom. The molecule has 126 valence electrons. The Morgan fingerprint density at radius 2 is 1.92 bits per heavy atom. The number of hydrogen-bond acceptors (Lipinski definition) is 4. The molecule has 1 atom stereocenters. The fourth-order valence-electron chi connectivity index (χ4n) is 1.96. The van der Waals surface area contributed by atoms with Gasteiger partial charge in [-0.1, -0.05) is 41.1 Å². The molecule has 0 radical (unpaired) electrons. The third kappa shape index (κ3) is 5.01. The van der Waals surface area contributed by atoms with Crippen LogP contribution in [-0.4, -0.2) is 28.4 Å². The van der Waals surface area contributed by atoms with Crippen molar-refractivity contribution >= 4 is 44.3 Å². The first kappa shape index (κ1) is 18.4. The van der Waals surface area contributed by atoms with Crippen LogP contribution in [-0.2, 0) is 20.3 Å². The van der Waals surface area contributed by atoms with Crippen LogP contribution in [0.4, 0.5) is 5.69 Å². The Kier molecular flexibility index (Phi) is 6.69. The largest absolute Gasteiger partial charge is 0.452 e. The van der Waals surface area contributed by atoms with Gasteiger partial charge in [-0.05, 0) is 30.3 Å². The number of halogens is 1. The standard InChI is InChI=1S/C17H16BrNO4S/c1-2-24(22)15-9-4-3-8-14(15)17(21)23-11-16(20)19-13-7-5-6-12(18)10-13/h3-10H,2,11H2,1H3,(H,19,20)/t24-/m1/s1. The predicted octanol–water partition coefficient (Wildman–Crippen LogP) is 3.37. The van der Waals surface area contributed by atoms with E-state index >= 15 is 0 Å². The number of hydrogen-bond donors (Lipinski definition) is 1. The zero-order valence-corrected chi connectivity index (χ0v) is 15.4. The van der Waals surface area contributed by atoms with Crippen molar-refractivity contribution < 1.29 is 18.5 Å². The monoisotopic (exact) mass is 409 g/mol. The average Bonchev–Trinajstić information content (AvgIpc) is 2.59. The second-order valence-corrected chi connectivity index (χ2v) is 7.39. The molecule has 0 saturated heterocycles. The summed E-state index contributed by atoms with van der Waals surface area (Å²) in [6.45, 7) is 1.35. The van der Waals surface area contributed by atoms with Gasteiger partial charge in [0.25, 0.3) is 5.91 Å². The number of ether oxygens (including phenoxy) is 1. The van der Waals surface area contributed by atoms with Crippen LogP contribution in [0.1, 0.15) is 17.3 Å². The summed E-state index contributed by atoms with van der Waals surface area (Å²) in [6, 6.07) is 13.6. The molecule has 0 aliphatic heterocycles. The number of esters is 1. The Labute approximate surface area is 151 Å². The van der Waals surface area contributed by atoms with Crippen molar-refractivity contribution in [3.8, 4) is 0 Å². The van der Waals surface area contributed by atoms with Crippen LogP contribution in [0.15, 0.2) is 57.9 Å². The van der Waals surface area contributed by atoms with Gasteiger partial charge in [-0.3, -0.25) is 9.00 Å². The fourth-order valence-corrected chi connectivity index (χ4v) is 3.30. The summed E-state index contributed by atoms with van der Waals surface area (Å²) in [5.41, 5.74) is 0.811. The highest BCUT2D eigenvalue weighted by Gasteiger charge is 2.17. The SMILES string of the molecule is CC[S@@](=O)c1ccccc1C(=O)OCC(=O)Nc1cccc(Br)c1. The highest BCUT2D eigenvalue weighted by atomic mass is 79.9. The molecule has 0 bridgehead atoms. The Morgan fingerprint density at radius 3 is 2.62 bits per heavy atom. The van der Waals surface area contributed by atoms with E-state index in [2.05, 4.69) is 21.2 Å². The van der Waals surface area contributed by atoms with Gasteiger partial charge in [-0.25, -0.2) is 4.79 Å². The topological polar surface area (TPSA) is 72.5 Å². The smallest absolute Gasteiger partial charge is 0.339 e. The molecule has 1 amide bonds. The van der Waals surface area contributed by atoms with E-state index in [0.717, 1.165) is 4.47 Å². The summed E-state index contributed by atoms with van der Waals surface area (Å²) in [4.78, 5) is 24.4. The fraction of sp³-hybridized carbons (Fsp3) is 0.176. The van der Waals surface area contributed by atoms with Crippen molar-refractivity contribution in [1.29, 1.82) is 0 Å². The van der Waals surface area contributed by atoms with E-state index in [0.29, 0.717) is 16.3 Å². The molecule has 2 aromatic rings. The van der Waals surface area contributed by atoms with Gasteiger partial charge in [0.2, 0.25) is 0 Å². The lowest BCUT2D eigenvalue weighted by atomic mass is 10.2. The van der Waals surface area contributed by atoms with E-state index in [4.69, 9.17) is 4.74 Å². The highest BCUT2D eigenvalue weighted by Crippen LogP contribution is 2.16. The molecule has 0 heterocycles. The van der Waals surface area contributed by atoms with Crippen molar-refractivity contribution in [2.24, 2.45) is 0 Å². The molecule has 7 heteroatoms. The maximum atomic E-state index is 12.2. The van der Waals surface area contributed by atoms with Gasteiger partial charge in [-0.15, -0.1) is 0 Å². The zero-order chi connectivity index (χ0) is 17.5. The molecule has 2 aromatic carbocycles. The van der Waals surface area contributed by atoms with Crippen LogP contribution in [0, 0.1) is 0 Å². The lowest BCUT2D eigenvalue weighted by Crippen LogP contribution is -2.21. The van der Waals surface area contributed by atoms with Gasteiger partial charge in [0, 0.05) is 15.9 Å². The minimum atomic E-state index is -1.28. The molecule has 24 heavy (non-hydrogen) atoms. The van der Waals surface area contributed by atoms with Gasteiger partial charge in [0.1, 0.15) is 0 Å². The van der Waals surface area contributed by atoms with E-state index in [9.17, 15) is 13.8 Å². The molecule has 0 aliphatic carbocycles. The van der Waals surface area contributed by atoms with Gasteiger partial charge >= 0.3 is 5.97 Å².